The van der Waals surface area contributed by atoms with Crippen molar-refractivity contribution in [1.29, 1.82) is 0 Å². The van der Waals surface area contributed by atoms with Gasteiger partial charge in [0.2, 0.25) is 15.9 Å². The molecule has 166 valence electrons. The van der Waals surface area contributed by atoms with E-state index in [1.165, 1.54) is 26.2 Å². The van der Waals surface area contributed by atoms with Crippen LogP contribution in [0.4, 0.5) is 13.2 Å². The fourth-order valence-electron chi connectivity index (χ4n) is 2.85. The van der Waals surface area contributed by atoms with Crippen LogP contribution < -0.4 is 11.1 Å². The molecule has 1 aromatic heterocycles. The molecule has 0 N–H and O–H groups in total. The van der Waals surface area contributed by atoms with Gasteiger partial charge in [0.05, 0.1) is 15.9 Å². The van der Waals surface area contributed by atoms with E-state index in [2.05, 4.69) is 0 Å². The summed E-state index contributed by atoms with van der Waals surface area (Å²) in [4.78, 5) is 37.4. The fraction of sp³-hybridized carbons (Fsp3) is 0.471. The Morgan fingerprint density at radius 2 is 1.60 bits per heavy atom. The summed E-state index contributed by atoms with van der Waals surface area (Å²) in [5, 5.41) is 0. The van der Waals surface area contributed by atoms with Crippen LogP contribution in [0.2, 0.25) is 0 Å². The van der Waals surface area contributed by atoms with Gasteiger partial charge in [-0.3, -0.25) is 19.0 Å². The third-order valence-electron chi connectivity index (χ3n) is 4.43. The van der Waals surface area contributed by atoms with Crippen LogP contribution in [-0.2, 0) is 27.9 Å². The van der Waals surface area contributed by atoms with Crippen LogP contribution in [0.5, 0.6) is 0 Å². The molecule has 0 fully saturated rings. The molecule has 13 heteroatoms. The highest BCUT2D eigenvalue weighted by molar-refractivity contribution is 7.89. The van der Waals surface area contributed by atoms with Crippen LogP contribution in [0.25, 0.3) is 11.0 Å². The molecule has 1 amide bonds. The molecule has 0 radical (unpaired) electrons. The van der Waals surface area contributed by atoms with E-state index >= 15 is 0 Å². The average molecular weight is 450 g/mol. The molecule has 0 saturated carbocycles. The van der Waals surface area contributed by atoms with Crippen molar-refractivity contribution in [3.63, 3.8) is 0 Å². The van der Waals surface area contributed by atoms with Crippen LogP contribution in [0, 0.1) is 0 Å². The minimum absolute atomic E-state index is 0.0573. The van der Waals surface area contributed by atoms with Gasteiger partial charge < -0.3 is 9.47 Å². The summed E-state index contributed by atoms with van der Waals surface area (Å²) < 4.78 is 65.4. The normalized spacial score (nSPS) is 12.5. The van der Waals surface area contributed by atoms with Crippen molar-refractivity contribution < 1.29 is 26.4 Å². The third-order valence-corrected chi connectivity index (χ3v) is 6.24. The molecule has 9 nitrogen and oxygen atoms in total. The number of hydrogen-bond donors (Lipinski definition) is 0. The lowest BCUT2D eigenvalue weighted by atomic mass is 10.2. The van der Waals surface area contributed by atoms with Gasteiger partial charge in [-0.15, -0.1) is 0 Å². The number of nitrogens with zero attached hydrogens (tertiary/aromatic N) is 4. The molecule has 0 bridgehead atoms. The Morgan fingerprint density at radius 1 is 1.03 bits per heavy atom. The zero-order chi connectivity index (χ0) is 23.0. The topological polar surface area (TPSA) is 102 Å². The zero-order valence-corrected chi connectivity index (χ0v) is 17.5. The summed E-state index contributed by atoms with van der Waals surface area (Å²) in [7, 11) is -0.393. The molecule has 2 aromatic rings. The number of hydrogen-bond acceptors (Lipinski definition) is 5. The van der Waals surface area contributed by atoms with E-state index in [0.717, 1.165) is 22.0 Å². The number of likely N-dealkylation sites (N-methyl/N-ethyl adjacent to an activating group) is 1. The molecule has 1 heterocycles. The monoisotopic (exact) mass is 450 g/mol. The Bertz CT molecular complexity index is 1200. The number of carbonyl (C=O) groups is 1. The summed E-state index contributed by atoms with van der Waals surface area (Å²) in [5.74, 6) is -1.06. The highest BCUT2D eigenvalue weighted by Crippen LogP contribution is 2.20. The van der Waals surface area contributed by atoms with Gasteiger partial charge in [0, 0.05) is 27.7 Å². The van der Waals surface area contributed by atoms with Gasteiger partial charge in [0.15, 0.2) is 0 Å². The van der Waals surface area contributed by atoms with Crippen molar-refractivity contribution in [1.82, 2.24) is 18.3 Å². The average Bonchev–Trinajstić information content (AvgIpc) is 2.63. The van der Waals surface area contributed by atoms with Crippen molar-refractivity contribution in [2.45, 2.75) is 31.1 Å². The second-order valence-corrected chi connectivity index (χ2v) is 8.90. The number of rotatable bonds is 6. The predicted octanol–water partition coefficient (Wildman–Crippen LogP) is 0.454. The molecular formula is C17H21F3N4O5S. The van der Waals surface area contributed by atoms with Crippen molar-refractivity contribution in [2.75, 3.05) is 27.7 Å². The summed E-state index contributed by atoms with van der Waals surface area (Å²) in [5.41, 5.74) is -2.00. The lowest BCUT2D eigenvalue weighted by Gasteiger charge is -2.21. The Balaban J connectivity index is 2.73. The molecule has 0 aliphatic carbocycles. The quantitative estimate of drug-likeness (QED) is 0.595. The molecule has 0 spiro atoms. The summed E-state index contributed by atoms with van der Waals surface area (Å²) in [6.45, 7) is -0.706. The second-order valence-electron chi connectivity index (χ2n) is 6.74. The van der Waals surface area contributed by atoms with Gasteiger partial charge in [-0.1, -0.05) is 0 Å². The first-order chi connectivity index (χ1) is 13.7. The fourth-order valence-corrected chi connectivity index (χ4v) is 3.77. The number of halogens is 3. The number of sulfonamides is 1. The molecule has 0 aliphatic heterocycles. The van der Waals surface area contributed by atoms with Gasteiger partial charge in [-0.25, -0.2) is 12.7 Å². The molecular weight excluding hydrogens is 429 g/mol. The molecule has 0 unspecified atom stereocenters. The van der Waals surface area contributed by atoms with Gasteiger partial charge in [0.25, 0.3) is 0 Å². The third kappa shape index (κ3) is 4.56. The first kappa shape index (κ1) is 23.6. The smallest absolute Gasteiger partial charge is 0.335 e. The van der Waals surface area contributed by atoms with E-state index in [1.807, 2.05) is 0 Å². The first-order valence-corrected chi connectivity index (χ1v) is 10.2. The highest BCUT2D eigenvalue weighted by atomic mass is 32.2. The molecule has 0 atom stereocenters. The number of alkyl halides is 3. The SMILES string of the molecule is CCn1c(=O)c(=O)n(CC(=O)N(C)CC(F)(F)F)c2cc(S(=O)(=O)N(C)C)ccc21. The Kier molecular flexibility index (Phi) is 6.47. The number of fused-ring (bicyclic) bond motifs is 1. The number of amides is 1. The van der Waals surface area contributed by atoms with E-state index in [4.69, 9.17) is 0 Å². The van der Waals surface area contributed by atoms with Gasteiger partial charge in [0.1, 0.15) is 13.1 Å². The van der Waals surface area contributed by atoms with Crippen LogP contribution >= 0.6 is 0 Å². The number of aromatic nitrogens is 2. The standard InChI is InChI=1S/C17H21F3N4O5S/c1-5-23-12-7-6-11(30(28,29)21(2)3)8-13(12)24(16(27)15(23)26)9-14(25)22(4)10-17(18,19)20/h6-8H,5,9-10H2,1-4H3. The summed E-state index contributed by atoms with van der Waals surface area (Å²) >= 11 is 0. The number of benzene rings is 1. The maximum Gasteiger partial charge on any atom is 0.406 e. The van der Waals surface area contributed by atoms with Crippen molar-refractivity contribution in [2.24, 2.45) is 0 Å². The van der Waals surface area contributed by atoms with Crippen LogP contribution in [0.15, 0.2) is 32.7 Å². The molecule has 1 aromatic carbocycles. The lowest BCUT2D eigenvalue weighted by Crippen LogP contribution is -2.45. The Hall–Kier alpha value is -2.67. The summed E-state index contributed by atoms with van der Waals surface area (Å²) in [6.07, 6.45) is -4.64. The van der Waals surface area contributed by atoms with E-state index in [1.54, 1.807) is 6.92 Å². The van der Waals surface area contributed by atoms with E-state index in [-0.39, 0.29) is 22.5 Å². The van der Waals surface area contributed by atoms with Crippen LogP contribution in [0.1, 0.15) is 6.92 Å². The Morgan fingerprint density at radius 3 is 2.10 bits per heavy atom. The number of carbonyl (C=O) groups excluding carboxylic acids is 1. The maximum atomic E-state index is 12.6. The minimum Gasteiger partial charge on any atom is -0.335 e. The van der Waals surface area contributed by atoms with Crippen LogP contribution in [-0.4, -0.2) is 66.5 Å². The largest absolute Gasteiger partial charge is 0.406 e. The maximum absolute atomic E-state index is 12.6. The van der Waals surface area contributed by atoms with E-state index in [9.17, 15) is 36.0 Å². The van der Waals surface area contributed by atoms with Crippen molar-refractivity contribution >= 4 is 27.0 Å². The predicted molar refractivity (Wildman–Crippen MR) is 103 cm³/mol. The molecule has 30 heavy (non-hydrogen) atoms. The number of aryl methyl sites for hydroxylation is 1. The summed E-state index contributed by atoms with van der Waals surface area (Å²) in [6, 6.07) is 3.68. The van der Waals surface area contributed by atoms with Gasteiger partial charge in [-0.2, -0.15) is 13.2 Å². The molecule has 0 saturated heterocycles. The van der Waals surface area contributed by atoms with Crippen molar-refractivity contribution in [3.8, 4) is 0 Å². The zero-order valence-electron chi connectivity index (χ0n) is 16.7. The molecule has 2 rings (SSSR count). The minimum atomic E-state index is -4.64. The lowest BCUT2D eigenvalue weighted by molar-refractivity contribution is -0.158. The molecule has 0 aliphatic rings. The van der Waals surface area contributed by atoms with E-state index in [0.29, 0.717) is 9.47 Å². The Labute approximate surface area is 170 Å². The first-order valence-electron chi connectivity index (χ1n) is 8.71. The van der Waals surface area contributed by atoms with Gasteiger partial charge >= 0.3 is 17.3 Å². The second kappa shape index (κ2) is 8.22. The van der Waals surface area contributed by atoms with E-state index < -0.39 is 46.3 Å². The van der Waals surface area contributed by atoms with Gasteiger partial charge in [-0.05, 0) is 25.1 Å². The van der Waals surface area contributed by atoms with Crippen molar-refractivity contribution in [3.05, 3.63) is 38.9 Å². The van der Waals surface area contributed by atoms with Crippen LogP contribution in [0.3, 0.4) is 0 Å². The highest BCUT2D eigenvalue weighted by Gasteiger charge is 2.31.